The second-order valence-corrected chi connectivity index (χ2v) is 7.25. The number of carbonyl (C=O) groups is 2. The fourth-order valence-corrected chi connectivity index (χ4v) is 3.28. The lowest BCUT2D eigenvalue weighted by Gasteiger charge is -2.20. The van der Waals surface area contributed by atoms with Crippen LogP contribution in [0.15, 0.2) is 40.6 Å². The van der Waals surface area contributed by atoms with E-state index in [1.54, 1.807) is 31.2 Å². The molecule has 2 rings (SSSR count). The number of methoxy groups -OCH3 is 2. The molecule has 9 nitrogen and oxygen atoms in total. The van der Waals surface area contributed by atoms with E-state index in [4.69, 9.17) is 42.3 Å². The van der Waals surface area contributed by atoms with E-state index in [1.807, 2.05) is 6.92 Å². The summed E-state index contributed by atoms with van der Waals surface area (Å²) in [5, 5.41) is 8.35. The molecular formula is C22H25Cl2N3O6. The highest BCUT2D eigenvalue weighted by Crippen LogP contribution is 2.41. The SMILES string of the molecule is CCOc1cc(Cl)cc(N=NC(C(C)=O)C(=O)N(Cl)c2cccc(OC)c2OC)c1OCC. The van der Waals surface area contributed by atoms with Crippen molar-refractivity contribution in [1.82, 2.24) is 0 Å². The molecule has 1 atom stereocenters. The number of amides is 1. The Morgan fingerprint density at radius 1 is 1.03 bits per heavy atom. The summed E-state index contributed by atoms with van der Waals surface area (Å²) in [6.45, 7) is 5.51. The first-order chi connectivity index (χ1) is 15.8. The predicted molar refractivity (Wildman–Crippen MR) is 126 cm³/mol. The van der Waals surface area contributed by atoms with E-state index < -0.39 is 17.7 Å². The van der Waals surface area contributed by atoms with Crippen LogP contribution in [-0.2, 0) is 9.59 Å². The molecule has 2 aromatic carbocycles. The topological polar surface area (TPSA) is 99.0 Å². The Hall–Kier alpha value is -3.04. The molecule has 0 spiro atoms. The van der Waals surface area contributed by atoms with E-state index in [9.17, 15) is 9.59 Å². The highest BCUT2D eigenvalue weighted by Gasteiger charge is 2.31. The number of Topliss-reactive ketones (excluding diaryl/α,β-unsaturated/α-hetero) is 1. The van der Waals surface area contributed by atoms with Crippen molar-refractivity contribution in [2.24, 2.45) is 10.2 Å². The van der Waals surface area contributed by atoms with E-state index in [0.29, 0.717) is 35.5 Å². The molecule has 0 saturated carbocycles. The number of hydrogen-bond acceptors (Lipinski definition) is 8. The van der Waals surface area contributed by atoms with Gasteiger partial charge in [0.05, 0.1) is 27.4 Å². The number of azo groups is 1. The van der Waals surface area contributed by atoms with Crippen LogP contribution in [0.5, 0.6) is 23.0 Å². The van der Waals surface area contributed by atoms with Crippen LogP contribution in [0.1, 0.15) is 20.8 Å². The third-order valence-corrected chi connectivity index (χ3v) is 4.84. The van der Waals surface area contributed by atoms with E-state index in [0.717, 1.165) is 4.42 Å². The van der Waals surface area contributed by atoms with Gasteiger partial charge in [0, 0.05) is 22.9 Å². The minimum atomic E-state index is -1.53. The highest BCUT2D eigenvalue weighted by molar-refractivity contribution is 6.39. The minimum absolute atomic E-state index is 0.182. The zero-order chi connectivity index (χ0) is 24.5. The molecule has 1 amide bonds. The average molecular weight is 498 g/mol. The summed E-state index contributed by atoms with van der Waals surface area (Å²) in [6.07, 6.45) is 0. The third-order valence-electron chi connectivity index (χ3n) is 4.28. The minimum Gasteiger partial charge on any atom is -0.493 e. The smallest absolute Gasteiger partial charge is 0.276 e. The Labute approximate surface area is 202 Å². The number of halogens is 2. The molecule has 33 heavy (non-hydrogen) atoms. The molecule has 0 aromatic heterocycles. The lowest BCUT2D eigenvalue weighted by atomic mass is 10.2. The summed E-state index contributed by atoms with van der Waals surface area (Å²) in [7, 11) is 2.86. The zero-order valence-corrected chi connectivity index (χ0v) is 20.4. The number of ketones is 1. The molecule has 0 aliphatic heterocycles. The molecule has 0 aliphatic carbocycles. The fourth-order valence-electron chi connectivity index (χ4n) is 2.86. The molecule has 2 aromatic rings. The van der Waals surface area contributed by atoms with Crippen LogP contribution in [0.4, 0.5) is 11.4 Å². The lowest BCUT2D eigenvalue weighted by Crippen LogP contribution is -2.36. The van der Waals surface area contributed by atoms with Gasteiger partial charge in [-0.15, -0.1) is 0 Å². The van der Waals surface area contributed by atoms with Gasteiger partial charge < -0.3 is 18.9 Å². The van der Waals surface area contributed by atoms with Crippen LogP contribution < -0.4 is 23.4 Å². The van der Waals surface area contributed by atoms with Crippen LogP contribution in [-0.4, -0.2) is 45.2 Å². The Bertz CT molecular complexity index is 1030. The van der Waals surface area contributed by atoms with Crippen molar-refractivity contribution < 1.29 is 28.5 Å². The summed E-state index contributed by atoms with van der Waals surface area (Å²) in [5.74, 6) is -0.160. The van der Waals surface area contributed by atoms with Gasteiger partial charge in [-0.05, 0) is 39.0 Å². The molecule has 0 aliphatic rings. The van der Waals surface area contributed by atoms with Gasteiger partial charge in [-0.2, -0.15) is 10.2 Å². The van der Waals surface area contributed by atoms with Crippen LogP contribution in [0.2, 0.25) is 5.02 Å². The van der Waals surface area contributed by atoms with Crippen molar-refractivity contribution in [3.63, 3.8) is 0 Å². The van der Waals surface area contributed by atoms with Crippen LogP contribution in [0, 0.1) is 0 Å². The van der Waals surface area contributed by atoms with Crippen molar-refractivity contribution >= 4 is 46.4 Å². The Morgan fingerprint density at radius 3 is 2.30 bits per heavy atom. The molecular weight excluding hydrogens is 473 g/mol. The van der Waals surface area contributed by atoms with Gasteiger partial charge in [-0.1, -0.05) is 17.7 Å². The van der Waals surface area contributed by atoms with Crippen LogP contribution in [0.25, 0.3) is 0 Å². The first-order valence-electron chi connectivity index (χ1n) is 10.00. The van der Waals surface area contributed by atoms with Gasteiger partial charge in [-0.25, -0.2) is 4.42 Å². The largest absolute Gasteiger partial charge is 0.493 e. The Morgan fingerprint density at radius 2 is 1.73 bits per heavy atom. The summed E-state index contributed by atoms with van der Waals surface area (Å²) in [5.41, 5.74) is 0.383. The molecule has 0 N–H and O–H groups in total. The summed E-state index contributed by atoms with van der Waals surface area (Å²) in [4.78, 5) is 25.3. The maximum absolute atomic E-state index is 13.1. The maximum Gasteiger partial charge on any atom is 0.276 e. The molecule has 178 valence electrons. The van der Waals surface area contributed by atoms with E-state index in [1.165, 1.54) is 27.2 Å². The Balaban J connectivity index is 2.45. The second-order valence-electron chi connectivity index (χ2n) is 6.48. The lowest BCUT2D eigenvalue weighted by molar-refractivity contribution is -0.126. The van der Waals surface area contributed by atoms with Crippen molar-refractivity contribution in [3.8, 4) is 23.0 Å². The molecule has 0 heterocycles. The summed E-state index contributed by atoms with van der Waals surface area (Å²) >= 11 is 12.5. The van der Waals surface area contributed by atoms with Gasteiger partial charge in [0.2, 0.25) is 6.04 Å². The molecule has 0 fully saturated rings. The first kappa shape index (κ1) is 26.2. The molecule has 1 unspecified atom stereocenters. The van der Waals surface area contributed by atoms with Crippen molar-refractivity contribution in [2.45, 2.75) is 26.8 Å². The van der Waals surface area contributed by atoms with Crippen LogP contribution >= 0.6 is 23.4 Å². The number of rotatable bonds is 11. The van der Waals surface area contributed by atoms with Crippen molar-refractivity contribution in [1.29, 1.82) is 0 Å². The van der Waals surface area contributed by atoms with Gasteiger partial charge in [0.1, 0.15) is 11.4 Å². The molecule has 0 saturated heterocycles. The monoisotopic (exact) mass is 497 g/mol. The quantitative estimate of drug-likeness (QED) is 0.234. The number of anilines is 1. The number of carbonyl (C=O) groups excluding carboxylic acids is 2. The fraction of sp³-hybridized carbons (Fsp3) is 0.364. The number of ether oxygens (including phenoxy) is 4. The average Bonchev–Trinajstić information content (AvgIpc) is 2.79. The molecule has 0 radical (unpaired) electrons. The van der Waals surface area contributed by atoms with Crippen molar-refractivity contribution in [2.75, 3.05) is 31.9 Å². The summed E-state index contributed by atoms with van der Waals surface area (Å²) in [6, 6.07) is 6.35. The predicted octanol–water partition coefficient (Wildman–Crippen LogP) is 5.38. The number of para-hydroxylation sites is 1. The standard InChI is InChI=1S/C22H25Cl2N3O6/c1-6-32-18-12-14(23)11-15(20(18)33-7-2)25-26-19(13(3)28)22(29)27(24)16-9-8-10-17(30-4)21(16)31-5/h8-12,19H,6-7H2,1-5H3. The summed E-state index contributed by atoms with van der Waals surface area (Å²) < 4.78 is 22.5. The van der Waals surface area contributed by atoms with E-state index in [-0.39, 0.29) is 17.1 Å². The van der Waals surface area contributed by atoms with Crippen LogP contribution in [0.3, 0.4) is 0 Å². The van der Waals surface area contributed by atoms with Gasteiger partial charge in [0.15, 0.2) is 28.8 Å². The number of hydrogen-bond donors (Lipinski definition) is 0. The molecule has 0 bridgehead atoms. The maximum atomic E-state index is 13.1. The number of nitrogens with zero attached hydrogens (tertiary/aromatic N) is 3. The normalized spacial score (nSPS) is 11.7. The molecule has 11 heteroatoms. The van der Waals surface area contributed by atoms with Crippen molar-refractivity contribution in [3.05, 3.63) is 35.4 Å². The van der Waals surface area contributed by atoms with E-state index in [2.05, 4.69) is 10.2 Å². The third kappa shape index (κ3) is 6.27. The zero-order valence-electron chi connectivity index (χ0n) is 18.9. The van der Waals surface area contributed by atoms with Gasteiger partial charge >= 0.3 is 0 Å². The highest BCUT2D eigenvalue weighted by atomic mass is 35.5. The Kier molecular flexibility index (Phi) is 9.74. The van der Waals surface area contributed by atoms with Gasteiger partial charge in [-0.3, -0.25) is 9.59 Å². The second kappa shape index (κ2) is 12.3. The number of benzene rings is 2. The van der Waals surface area contributed by atoms with E-state index >= 15 is 0 Å². The van der Waals surface area contributed by atoms with Gasteiger partial charge in [0.25, 0.3) is 5.91 Å². The first-order valence-corrected chi connectivity index (χ1v) is 10.7.